The van der Waals surface area contributed by atoms with Crippen molar-refractivity contribution in [2.45, 2.75) is 44.9 Å². The topological polar surface area (TPSA) is 45.3 Å². The number of aromatic nitrogens is 1. The van der Waals surface area contributed by atoms with Gasteiger partial charge in [-0.2, -0.15) is 13.2 Å². The predicted octanol–water partition coefficient (Wildman–Crippen LogP) is 4.15. The Labute approximate surface area is 150 Å². The van der Waals surface area contributed by atoms with Crippen LogP contribution in [-0.2, 0) is 9.53 Å². The summed E-state index contributed by atoms with van der Waals surface area (Å²) in [5, 5.41) is 1.21. The van der Waals surface area contributed by atoms with Crippen molar-refractivity contribution in [3.05, 3.63) is 35.5 Å². The zero-order valence-corrected chi connectivity index (χ0v) is 14.9. The van der Waals surface area contributed by atoms with Crippen LogP contribution >= 0.6 is 0 Å². The lowest BCUT2D eigenvalue weighted by atomic mass is 9.87. The minimum Gasteiger partial charge on any atom is -0.359 e. The number of benzene rings is 1. The van der Waals surface area contributed by atoms with Gasteiger partial charge in [0.2, 0.25) is 0 Å². The largest absolute Gasteiger partial charge is 0.411 e. The monoisotopic (exact) mass is 368 g/mol. The van der Waals surface area contributed by atoms with Crippen molar-refractivity contribution in [3.63, 3.8) is 0 Å². The first-order chi connectivity index (χ1) is 12.3. The van der Waals surface area contributed by atoms with Crippen LogP contribution in [0.3, 0.4) is 0 Å². The SMILES string of the molecule is Cc1[nH]c2ccccc2c1C1CCN(C(=O)C(C)OCC(F)(F)F)CC1. The lowest BCUT2D eigenvalue weighted by molar-refractivity contribution is -0.188. The number of amides is 1. The number of hydrogen-bond donors (Lipinski definition) is 1. The zero-order valence-electron chi connectivity index (χ0n) is 14.9. The lowest BCUT2D eigenvalue weighted by Gasteiger charge is -2.34. The summed E-state index contributed by atoms with van der Waals surface area (Å²) in [5.41, 5.74) is 3.53. The van der Waals surface area contributed by atoms with Gasteiger partial charge in [-0.3, -0.25) is 4.79 Å². The van der Waals surface area contributed by atoms with E-state index >= 15 is 0 Å². The molecule has 0 aliphatic carbocycles. The normalized spacial score (nSPS) is 17.7. The molecule has 0 saturated carbocycles. The van der Waals surface area contributed by atoms with Gasteiger partial charge in [-0.1, -0.05) is 18.2 Å². The maximum absolute atomic E-state index is 12.3. The fourth-order valence-corrected chi connectivity index (χ4v) is 3.76. The van der Waals surface area contributed by atoms with Crippen LogP contribution in [0.5, 0.6) is 0 Å². The molecule has 7 heteroatoms. The van der Waals surface area contributed by atoms with Crippen LogP contribution in [-0.4, -0.2) is 47.8 Å². The number of H-pyrrole nitrogens is 1. The second kappa shape index (κ2) is 7.31. The summed E-state index contributed by atoms with van der Waals surface area (Å²) in [5.74, 6) is -0.0371. The van der Waals surface area contributed by atoms with E-state index in [4.69, 9.17) is 0 Å². The average molecular weight is 368 g/mol. The maximum Gasteiger partial charge on any atom is 0.411 e. The number of nitrogens with one attached hydrogen (secondary N) is 1. The Morgan fingerprint density at radius 3 is 2.62 bits per heavy atom. The number of rotatable bonds is 4. The standard InChI is InChI=1S/C19H23F3N2O2/c1-12-17(15-5-3-4-6-16(15)23-12)14-7-9-24(10-8-14)18(25)13(2)26-11-19(20,21)22/h3-6,13-14,23H,7-11H2,1-2H3. The molecule has 0 radical (unpaired) electrons. The number of carbonyl (C=O) groups excluding carboxylic acids is 1. The van der Waals surface area contributed by atoms with Crippen LogP contribution in [0.1, 0.15) is 36.9 Å². The van der Waals surface area contributed by atoms with Gasteiger partial charge in [0.15, 0.2) is 0 Å². The number of alkyl halides is 3. The Hall–Kier alpha value is -2.02. The third-order valence-electron chi connectivity index (χ3n) is 5.00. The summed E-state index contributed by atoms with van der Waals surface area (Å²) in [6.07, 6.45) is -3.92. The summed E-state index contributed by atoms with van der Waals surface area (Å²) in [6, 6.07) is 8.14. The number of fused-ring (bicyclic) bond motifs is 1. The highest BCUT2D eigenvalue weighted by atomic mass is 19.4. The second-order valence-corrected chi connectivity index (χ2v) is 6.88. The Bertz CT molecular complexity index is 777. The number of hydrogen-bond acceptors (Lipinski definition) is 2. The van der Waals surface area contributed by atoms with E-state index in [1.54, 1.807) is 4.90 Å². The van der Waals surface area contributed by atoms with Crippen molar-refractivity contribution in [2.75, 3.05) is 19.7 Å². The predicted molar refractivity (Wildman–Crippen MR) is 93.1 cm³/mol. The molecule has 3 rings (SSSR count). The van der Waals surface area contributed by atoms with E-state index in [2.05, 4.69) is 22.7 Å². The van der Waals surface area contributed by atoms with Gasteiger partial charge < -0.3 is 14.6 Å². The fourth-order valence-electron chi connectivity index (χ4n) is 3.76. The molecule has 2 aromatic rings. The number of nitrogens with zero attached hydrogens (tertiary/aromatic N) is 1. The molecule has 0 bridgehead atoms. The second-order valence-electron chi connectivity index (χ2n) is 6.88. The van der Waals surface area contributed by atoms with Crippen LogP contribution in [0.2, 0.25) is 0 Å². The van der Waals surface area contributed by atoms with Crippen molar-refractivity contribution in [1.82, 2.24) is 9.88 Å². The Balaban J connectivity index is 1.62. The third-order valence-corrected chi connectivity index (χ3v) is 5.00. The molecule has 26 heavy (non-hydrogen) atoms. The molecule has 1 saturated heterocycles. The van der Waals surface area contributed by atoms with Gasteiger partial charge in [0.25, 0.3) is 5.91 Å². The number of carbonyl (C=O) groups is 1. The first kappa shape index (κ1) is 18.8. The molecule has 1 N–H and O–H groups in total. The zero-order chi connectivity index (χ0) is 18.9. The highest BCUT2D eigenvalue weighted by Crippen LogP contribution is 2.35. The summed E-state index contributed by atoms with van der Waals surface area (Å²) in [7, 11) is 0. The van der Waals surface area contributed by atoms with Crippen LogP contribution in [0, 0.1) is 6.92 Å². The number of para-hydroxylation sites is 1. The van der Waals surface area contributed by atoms with E-state index in [1.807, 2.05) is 18.2 Å². The Morgan fingerprint density at radius 2 is 1.96 bits per heavy atom. The summed E-state index contributed by atoms with van der Waals surface area (Å²) in [6.45, 7) is 3.10. The van der Waals surface area contributed by atoms with Gasteiger partial charge in [0.05, 0.1) is 0 Å². The molecule has 4 nitrogen and oxygen atoms in total. The van der Waals surface area contributed by atoms with Gasteiger partial charge >= 0.3 is 6.18 Å². The first-order valence-electron chi connectivity index (χ1n) is 8.80. The Morgan fingerprint density at radius 1 is 1.31 bits per heavy atom. The number of aromatic amines is 1. The van der Waals surface area contributed by atoms with E-state index < -0.39 is 18.9 Å². The van der Waals surface area contributed by atoms with Crippen LogP contribution in [0.4, 0.5) is 13.2 Å². The number of ether oxygens (including phenoxy) is 1. The van der Waals surface area contributed by atoms with E-state index in [0.717, 1.165) is 24.1 Å². The molecule has 142 valence electrons. The molecule has 1 aromatic carbocycles. The molecule has 1 aliphatic rings. The molecule has 1 aliphatic heterocycles. The molecule has 1 fully saturated rings. The minimum absolute atomic E-state index is 0.335. The third kappa shape index (κ3) is 4.03. The van der Waals surface area contributed by atoms with Crippen molar-refractivity contribution in [2.24, 2.45) is 0 Å². The highest BCUT2D eigenvalue weighted by molar-refractivity contribution is 5.85. The van der Waals surface area contributed by atoms with Gasteiger partial charge in [0.1, 0.15) is 12.7 Å². The lowest BCUT2D eigenvalue weighted by Crippen LogP contribution is -2.44. The minimum atomic E-state index is -4.42. The van der Waals surface area contributed by atoms with Gasteiger partial charge in [-0.05, 0) is 44.2 Å². The number of aryl methyl sites for hydroxylation is 1. The fraction of sp³-hybridized carbons (Fsp3) is 0.526. The van der Waals surface area contributed by atoms with Crippen LogP contribution in [0.25, 0.3) is 10.9 Å². The van der Waals surface area contributed by atoms with Gasteiger partial charge in [0, 0.05) is 29.7 Å². The first-order valence-corrected chi connectivity index (χ1v) is 8.80. The van der Waals surface area contributed by atoms with Gasteiger partial charge in [-0.15, -0.1) is 0 Å². The van der Waals surface area contributed by atoms with E-state index in [-0.39, 0.29) is 5.91 Å². The van der Waals surface area contributed by atoms with Crippen molar-refractivity contribution >= 4 is 16.8 Å². The smallest absolute Gasteiger partial charge is 0.359 e. The molecule has 2 heterocycles. The Kier molecular flexibility index (Phi) is 5.27. The molecule has 0 spiro atoms. The van der Waals surface area contributed by atoms with Crippen LogP contribution in [0.15, 0.2) is 24.3 Å². The van der Waals surface area contributed by atoms with Gasteiger partial charge in [-0.25, -0.2) is 0 Å². The molecule has 1 amide bonds. The molecular formula is C19H23F3N2O2. The molecule has 1 unspecified atom stereocenters. The molecular weight excluding hydrogens is 345 g/mol. The summed E-state index contributed by atoms with van der Waals surface area (Å²) in [4.78, 5) is 17.3. The van der Waals surface area contributed by atoms with E-state index in [9.17, 15) is 18.0 Å². The maximum atomic E-state index is 12.3. The quantitative estimate of drug-likeness (QED) is 0.881. The van der Waals surface area contributed by atoms with Crippen molar-refractivity contribution < 1.29 is 22.7 Å². The number of piperidine rings is 1. The average Bonchev–Trinajstić information content (AvgIpc) is 2.94. The summed E-state index contributed by atoms with van der Waals surface area (Å²) < 4.78 is 41.4. The van der Waals surface area contributed by atoms with E-state index in [0.29, 0.717) is 19.0 Å². The highest BCUT2D eigenvalue weighted by Gasteiger charge is 2.33. The molecule has 1 aromatic heterocycles. The summed E-state index contributed by atoms with van der Waals surface area (Å²) >= 11 is 0. The molecule has 1 atom stereocenters. The van der Waals surface area contributed by atoms with Crippen molar-refractivity contribution in [3.8, 4) is 0 Å². The number of halogens is 3. The van der Waals surface area contributed by atoms with Crippen molar-refractivity contribution in [1.29, 1.82) is 0 Å². The van der Waals surface area contributed by atoms with Crippen LogP contribution < -0.4 is 0 Å². The van der Waals surface area contributed by atoms with E-state index in [1.165, 1.54) is 17.9 Å². The number of likely N-dealkylation sites (tertiary alicyclic amines) is 1.